The van der Waals surface area contributed by atoms with Crippen molar-refractivity contribution in [2.45, 2.75) is 32.2 Å². The summed E-state index contributed by atoms with van der Waals surface area (Å²) in [5.74, 6) is -0.620. The molecule has 0 bridgehead atoms. The Morgan fingerprint density at radius 1 is 1.35 bits per heavy atom. The normalized spacial score (nSPS) is 14.8. The Hall–Kier alpha value is -1.75. The lowest BCUT2D eigenvalue weighted by Crippen LogP contribution is -2.47. The van der Waals surface area contributed by atoms with E-state index in [1.54, 1.807) is 6.07 Å². The molecule has 0 unspecified atom stereocenters. The lowest BCUT2D eigenvalue weighted by molar-refractivity contribution is 0.0697. The first-order valence-electron chi connectivity index (χ1n) is 6.41. The largest absolute Gasteiger partial charge is 0.478 e. The minimum absolute atomic E-state index is 0.0362. The van der Waals surface area contributed by atoms with E-state index in [4.69, 9.17) is 16.7 Å². The second kappa shape index (κ2) is 5.32. The molecule has 0 aromatic heterocycles. The molecule has 108 valence electrons. The molecular formula is C14H17ClN2O3. The van der Waals surface area contributed by atoms with Crippen LogP contribution in [-0.2, 0) is 0 Å². The van der Waals surface area contributed by atoms with E-state index < -0.39 is 5.97 Å². The number of nitrogens with one attached hydrogen (secondary N) is 2. The number of hydrogen-bond acceptors (Lipinski definition) is 2. The molecule has 0 spiro atoms. The number of carboxylic acid groups (broad SMARTS) is 1. The number of halogens is 1. The van der Waals surface area contributed by atoms with Gasteiger partial charge < -0.3 is 15.7 Å². The van der Waals surface area contributed by atoms with Gasteiger partial charge in [-0.2, -0.15) is 0 Å². The first kappa shape index (κ1) is 14.7. The van der Waals surface area contributed by atoms with Crippen molar-refractivity contribution in [3.63, 3.8) is 0 Å². The van der Waals surface area contributed by atoms with E-state index in [0.29, 0.717) is 11.6 Å². The molecular weight excluding hydrogens is 280 g/mol. The molecule has 20 heavy (non-hydrogen) atoms. The van der Waals surface area contributed by atoms with Crippen LogP contribution < -0.4 is 10.6 Å². The van der Waals surface area contributed by atoms with Crippen LogP contribution in [0.5, 0.6) is 0 Å². The van der Waals surface area contributed by atoms with Crippen LogP contribution in [0.15, 0.2) is 18.2 Å². The van der Waals surface area contributed by atoms with Gasteiger partial charge >= 0.3 is 12.0 Å². The smallest absolute Gasteiger partial charge is 0.337 e. The van der Waals surface area contributed by atoms with Gasteiger partial charge in [0.25, 0.3) is 0 Å². The van der Waals surface area contributed by atoms with Crippen molar-refractivity contribution in [3.05, 3.63) is 28.8 Å². The highest BCUT2D eigenvalue weighted by molar-refractivity contribution is 6.33. The van der Waals surface area contributed by atoms with Crippen molar-refractivity contribution in [2.75, 3.05) is 5.32 Å². The fourth-order valence-electron chi connectivity index (χ4n) is 2.13. The first-order valence-corrected chi connectivity index (χ1v) is 6.79. The molecule has 6 heteroatoms. The number of hydrogen-bond donors (Lipinski definition) is 3. The number of carboxylic acids is 1. The summed E-state index contributed by atoms with van der Waals surface area (Å²) >= 11 is 5.77. The molecule has 0 radical (unpaired) electrons. The SMILES string of the molecule is CC(C)(NC(=O)Nc1ccc(Cl)c(C(=O)O)c1)C1CC1. The fraction of sp³-hybridized carbons (Fsp3) is 0.429. The lowest BCUT2D eigenvalue weighted by atomic mass is 9.99. The zero-order chi connectivity index (χ0) is 14.9. The van der Waals surface area contributed by atoms with Crippen molar-refractivity contribution in [1.82, 2.24) is 5.32 Å². The monoisotopic (exact) mass is 296 g/mol. The van der Waals surface area contributed by atoms with Crippen molar-refractivity contribution in [1.29, 1.82) is 0 Å². The zero-order valence-electron chi connectivity index (χ0n) is 11.4. The van der Waals surface area contributed by atoms with Crippen LogP contribution in [-0.4, -0.2) is 22.6 Å². The Balaban J connectivity index is 2.04. The van der Waals surface area contributed by atoms with Gasteiger partial charge in [-0.1, -0.05) is 11.6 Å². The van der Waals surface area contributed by atoms with Gasteiger partial charge in [0.15, 0.2) is 0 Å². The molecule has 1 aliphatic carbocycles. The highest BCUT2D eigenvalue weighted by Gasteiger charge is 2.38. The Morgan fingerprint density at radius 3 is 2.55 bits per heavy atom. The predicted octanol–water partition coefficient (Wildman–Crippen LogP) is 3.35. The van der Waals surface area contributed by atoms with Crippen molar-refractivity contribution in [3.8, 4) is 0 Å². The third-order valence-corrected chi connectivity index (χ3v) is 3.82. The molecule has 0 saturated heterocycles. The Morgan fingerprint density at radius 2 is 2.00 bits per heavy atom. The summed E-state index contributed by atoms with van der Waals surface area (Å²) in [6.07, 6.45) is 2.24. The molecule has 0 aliphatic heterocycles. The highest BCUT2D eigenvalue weighted by atomic mass is 35.5. The summed E-state index contributed by atoms with van der Waals surface area (Å²) < 4.78 is 0. The lowest BCUT2D eigenvalue weighted by Gasteiger charge is -2.26. The number of aromatic carboxylic acids is 1. The predicted molar refractivity (Wildman–Crippen MR) is 77.4 cm³/mol. The maximum atomic E-state index is 11.9. The summed E-state index contributed by atoms with van der Waals surface area (Å²) in [6.45, 7) is 3.96. The molecule has 0 atom stereocenters. The van der Waals surface area contributed by atoms with Gasteiger partial charge in [0, 0.05) is 11.2 Å². The number of urea groups is 1. The summed E-state index contributed by atoms with van der Waals surface area (Å²) in [6, 6.07) is 4.01. The molecule has 1 fully saturated rings. The minimum Gasteiger partial charge on any atom is -0.478 e. The summed E-state index contributed by atoms with van der Waals surface area (Å²) in [5.41, 5.74) is 0.105. The number of rotatable bonds is 4. The number of carbonyl (C=O) groups is 2. The molecule has 5 nitrogen and oxygen atoms in total. The molecule has 3 N–H and O–H groups in total. The minimum atomic E-state index is -1.13. The Bertz CT molecular complexity index is 553. The molecule has 1 aromatic carbocycles. The van der Waals surface area contributed by atoms with Gasteiger partial charge in [-0.05, 0) is 50.8 Å². The van der Waals surface area contributed by atoms with Gasteiger partial charge in [0.05, 0.1) is 10.6 Å². The van der Waals surface area contributed by atoms with Crippen molar-refractivity contribution < 1.29 is 14.7 Å². The van der Waals surface area contributed by atoms with Crippen molar-refractivity contribution in [2.24, 2.45) is 5.92 Å². The third kappa shape index (κ3) is 3.42. The number of carbonyl (C=O) groups excluding carboxylic acids is 1. The highest BCUT2D eigenvalue weighted by Crippen LogP contribution is 2.39. The van der Waals surface area contributed by atoms with Gasteiger partial charge in [-0.25, -0.2) is 9.59 Å². The quantitative estimate of drug-likeness (QED) is 0.797. The van der Waals surface area contributed by atoms with Crippen LogP contribution >= 0.6 is 11.6 Å². The summed E-state index contributed by atoms with van der Waals surface area (Å²) in [4.78, 5) is 22.9. The molecule has 2 rings (SSSR count). The average Bonchev–Trinajstić information content (AvgIpc) is 3.14. The van der Waals surface area contributed by atoms with E-state index >= 15 is 0 Å². The van der Waals surface area contributed by atoms with Gasteiger partial charge in [-0.3, -0.25) is 0 Å². The molecule has 1 saturated carbocycles. The average molecular weight is 297 g/mol. The third-order valence-electron chi connectivity index (χ3n) is 3.49. The van der Waals surface area contributed by atoms with E-state index in [1.165, 1.54) is 12.1 Å². The van der Waals surface area contributed by atoms with E-state index in [0.717, 1.165) is 12.8 Å². The van der Waals surface area contributed by atoms with Crippen LogP contribution in [0.4, 0.5) is 10.5 Å². The number of benzene rings is 1. The maximum Gasteiger partial charge on any atom is 0.337 e. The second-order valence-corrected chi connectivity index (χ2v) is 5.98. The van der Waals surface area contributed by atoms with Crippen LogP contribution in [0.2, 0.25) is 5.02 Å². The number of anilines is 1. The summed E-state index contributed by atoms with van der Waals surface area (Å²) in [5, 5.41) is 14.7. The van der Waals surface area contributed by atoms with Crippen LogP contribution in [0.3, 0.4) is 0 Å². The van der Waals surface area contributed by atoms with Crippen LogP contribution in [0.1, 0.15) is 37.0 Å². The molecule has 1 aliphatic rings. The first-order chi connectivity index (χ1) is 9.29. The molecule has 0 heterocycles. The molecule has 1 aromatic rings. The van der Waals surface area contributed by atoms with E-state index in [1.807, 2.05) is 13.8 Å². The topological polar surface area (TPSA) is 78.4 Å². The summed E-state index contributed by atoms with van der Waals surface area (Å²) in [7, 11) is 0. The Kier molecular flexibility index (Phi) is 3.90. The van der Waals surface area contributed by atoms with Gasteiger partial charge in [0.1, 0.15) is 0 Å². The second-order valence-electron chi connectivity index (χ2n) is 5.57. The van der Waals surface area contributed by atoms with E-state index in [2.05, 4.69) is 10.6 Å². The zero-order valence-corrected chi connectivity index (χ0v) is 12.1. The van der Waals surface area contributed by atoms with Crippen LogP contribution in [0.25, 0.3) is 0 Å². The standard InChI is InChI=1S/C14H17ClN2O3/c1-14(2,8-3-4-8)17-13(20)16-9-5-6-11(15)10(7-9)12(18)19/h5-8H,3-4H2,1-2H3,(H,18,19)(H2,16,17,20). The van der Waals surface area contributed by atoms with E-state index in [-0.39, 0.29) is 22.2 Å². The van der Waals surface area contributed by atoms with Crippen LogP contribution in [0, 0.1) is 5.92 Å². The Labute approximate surface area is 122 Å². The maximum absolute atomic E-state index is 11.9. The molecule has 2 amide bonds. The van der Waals surface area contributed by atoms with Gasteiger partial charge in [0.2, 0.25) is 0 Å². The van der Waals surface area contributed by atoms with Gasteiger partial charge in [-0.15, -0.1) is 0 Å². The fourth-order valence-corrected chi connectivity index (χ4v) is 2.33. The number of amides is 2. The van der Waals surface area contributed by atoms with E-state index in [9.17, 15) is 9.59 Å². The van der Waals surface area contributed by atoms with Crippen molar-refractivity contribution >= 4 is 29.3 Å².